The van der Waals surface area contributed by atoms with Gasteiger partial charge in [-0.05, 0) is 66.4 Å². The van der Waals surface area contributed by atoms with Crippen LogP contribution in [-0.4, -0.2) is 55.7 Å². The third kappa shape index (κ3) is 3.36. The number of ether oxygens (including phenoxy) is 1. The molecule has 5 heteroatoms. The summed E-state index contributed by atoms with van der Waals surface area (Å²) < 4.78 is 34.6. The van der Waals surface area contributed by atoms with E-state index in [0.717, 1.165) is 61.4 Å². The summed E-state index contributed by atoms with van der Waals surface area (Å²) in [5.74, 6) is -0.371. The van der Waals surface area contributed by atoms with Crippen LogP contribution in [0.4, 0.5) is 8.78 Å². The lowest BCUT2D eigenvalue weighted by atomic mass is 9.87. The van der Waals surface area contributed by atoms with E-state index in [1.807, 2.05) is 12.1 Å². The molecule has 0 radical (unpaired) electrons. The van der Waals surface area contributed by atoms with Gasteiger partial charge in [0.15, 0.2) is 0 Å². The molecule has 0 N–H and O–H groups in total. The average molecular weight is 384 g/mol. The minimum atomic E-state index is -0.235. The van der Waals surface area contributed by atoms with E-state index in [9.17, 15) is 8.78 Å². The fraction of sp³-hybridized carbons (Fsp3) is 0.478. The molecule has 1 aliphatic carbocycles. The van der Waals surface area contributed by atoms with E-state index in [4.69, 9.17) is 4.74 Å². The van der Waals surface area contributed by atoms with Crippen molar-refractivity contribution >= 4 is 0 Å². The zero-order valence-electron chi connectivity index (χ0n) is 16.2. The molecule has 2 aliphatic heterocycles. The van der Waals surface area contributed by atoms with Crippen LogP contribution in [0.5, 0.6) is 0 Å². The number of fused-ring (bicyclic) bond motifs is 5. The van der Waals surface area contributed by atoms with Crippen molar-refractivity contribution < 1.29 is 13.5 Å². The van der Waals surface area contributed by atoms with Crippen molar-refractivity contribution in [1.29, 1.82) is 0 Å². The molecule has 3 unspecified atom stereocenters. The van der Waals surface area contributed by atoms with Gasteiger partial charge in [-0.15, -0.1) is 0 Å². The van der Waals surface area contributed by atoms with Crippen molar-refractivity contribution in [3.8, 4) is 0 Å². The van der Waals surface area contributed by atoms with Crippen molar-refractivity contribution in [2.45, 2.75) is 31.0 Å². The minimum absolute atomic E-state index is 0.0752. The first-order chi connectivity index (χ1) is 13.6. The van der Waals surface area contributed by atoms with Crippen LogP contribution in [0.1, 0.15) is 40.7 Å². The molecule has 3 atom stereocenters. The SMILES string of the molecule is CN1CCN(CC2CC3c4cc(F)ccc4Cc4ccc(F)cc4C3O2)CC1. The Morgan fingerprint density at radius 1 is 0.929 bits per heavy atom. The van der Waals surface area contributed by atoms with Crippen LogP contribution in [0.25, 0.3) is 0 Å². The molecule has 0 spiro atoms. The van der Waals surface area contributed by atoms with Gasteiger partial charge >= 0.3 is 0 Å². The molecule has 3 nitrogen and oxygen atoms in total. The zero-order valence-corrected chi connectivity index (χ0v) is 16.2. The first-order valence-electron chi connectivity index (χ1n) is 10.2. The fourth-order valence-electron chi connectivity index (χ4n) is 5.05. The molecule has 0 aromatic heterocycles. The molecule has 5 rings (SSSR count). The number of benzene rings is 2. The average Bonchev–Trinajstić information content (AvgIpc) is 3.05. The fourth-order valence-corrected chi connectivity index (χ4v) is 5.05. The Morgan fingerprint density at radius 3 is 2.29 bits per heavy atom. The zero-order chi connectivity index (χ0) is 19.3. The maximum atomic E-state index is 14.1. The number of likely N-dealkylation sites (N-methyl/N-ethyl adjacent to an activating group) is 1. The minimum Gasteiger partial charge on any atom is -0.368 e. The van der Waals surface area contributed by atoms with Crippen LogP contribution in [0.2, 0.25) is 0 Å². The van der Waals surface area contributed by atoms with Crippen molar-refractivity contribution in [3.63, 3.8) is 0 Å². The summed E-state index contributed by atoms with van der Waals surface area (Å²) >= 11 is 0. The van der Waals surface area contributed by atoms with Gasteiger partial charge in [0.25, 0.3) is 0 Å². The molecule has 148 valence electrons. The predicted octanol–water partition coefficient (Wildman–Crippen LogP) is 3.73. The predicted molar refractivity (Wildman–Crippen MR) is 105 cm³/mol. The molecule has 3 aliphatic rings. The third-order valence-electron chi connectivity index (χ3n) is 6.58. The van der Waals surface area contributed by atoms with Crippen LogP contribution in [-0.2, 0) is 11.2 Å². The van der Waals surface area contributed by atoms with Gasteiger partial charge in [0.05, 0.1) is 12.2 Å². The molecule has 28 heavy (non-hydrogen) atoms. The number of piperazine rings is 1. The summed E-state index contributed by atoms with van der Waals surface area (Å²) in [5, 5.41) is 0. The summed E-state index contributed by atoms with van der Waals surface area (Å²) in [6, 6.07) is 10.1. The van der Waals surface area contributed by atoms with Crippen LogP contribution in [0.3, 0.4) is 0 Å². The van der Waals surface area contributed by atoms with Crippen molar-refractivity contribution in [1.82, 2.24) is 9.80 Å². The quantitative estimate of drug-likeness (QED) is 0.785. The van der Waals surface area contributed by atoms with Gasteiger partial charge in [0.2, 0.25) is 0 Å². The van der Waals surface area contributed by atoms with Crippen molar-refractivity contribution in [2.75, 3.05) is 39.8 Å². The Kier molecular flexibility index (Phi) is 4.69. The Bertz CT molecular complexity index is 819. The van der Waals surface area contributed by atoms with Crippen molar-refractivity contribution in [3.05, 3.63) is 70.3 Å². The van der Waals surface area contributed by atoms with Gasteiger partial charge in [0, 0.05) is 38.6 Å². The van der Waals surface area contributed by atoms with E-state index in [-0.39, 0.29) is 29.8 Å². The number of nitrogens with zero attached hydrogens (tertiary/aromatic N) is 2. The van der Waals surface area contributed by atoms with Crippen molar-refractivity contribution in [2.24, 2.45) is 0 Å². The number of rotatable bonds is 2. The number of halogens is 2. The van der Waals surface area contributed by atoms with E-state index >= 15 is 0 Å². The lowest BCUT2D eigenvalue weighted by Gasteiger charge is -2.33. The highest BCUT2D eigenvalue weighted by Crippen LogP contribution is 2.49. The molecule has 2 heterocycles. The highest BCUT2D eigenvalue weighted by atomic mass is 19.1. The molecule has 0 saturated carbocycles. The summed E-state index contributed by atoms with van der Waals surface area (Å²) in [5.41, 5.74) is 4.18. The van der Waals surface area contributed by atoms with E-state index in [2.05, 4.69) is 16.8 Å². The standard InChI is InChI=1S/C23H26F2N2O/c1-26-6-8-27(9-7-26)14-19-13-22-20-11-17(24)4-2-15(20)10-16-3-5-18(25)12-21(16)23(22)28-19/h2-5,11-12,19,22-23H,6-10,13-14H2,1H3. The van der Waals surface area contributed by atoms with Crippen LogP contribution >= 0.6 is 0 Å². The van der Waals surface area contributed by atoms with Gasteiger partial charge in [-0.3, -0.25) is 4.90 Å². The summed E-state index contributed by atoms with van der Waals surface area (Å²) in [6.07, 6.45) is 1.43. The van der Waals surface area contributed by atoms with Gasteiger partial charge < -0.3 is 9.64 Å². The van der Waals surface area contributed by atoms with E-state index < -0.39 is 0 Å². The number of hydrogen-bond donors (Lipinski definition) is 0. The second kappa shape index (κ2) is 7.21. The Labute approximate surface area is 164 Å². The second-order valence-electron chi connectivity index (χ2n) is 8.49. The molecule has 2 aromatic rings. The lowest BCUT2D eigenvalue weighted by Crippen LogP contribution is -2.46. The molecule has 2 saturated heterocycles. The Hall–Kier alpha value is -1.82. The Morgan fingerprint density at radius 2 is 1.57 bits per heavy atom. The first-order valence-corrected chi connectivity index (χ1v) is 10.2. The molecule has 2 aromatic carbocycles. The van der Waals surface area contributed by atoms with Gasteiger partial charge in [-0.25, -0.2) is 8.78 Å². The molecule has 0 bridgehead atoms. The number of hydrogen-bond acceptors (Lipinski definition) is 3. The highest BCUT2D eigenvalue weighted by molar-refractivity contribution is 5.45. The Balaban J connectivity index is 1.47. The summed E-state index contributed by atoms with van der Waals surface area (Å²) in [6.45, 7) is 5.11. The second-order valence-corrected chi connectivity index (χ2v) is 8.49. The van der Waals surface area contributed by atoms with E-state index in [1.165, 1.54) is 12.1 Å². The van der Waals surface area contributed by atoms with E-state index in [0.29, 0.717) is 6.42 Å². The third-order valence-corrected chi connectivity index (χ3v) is 6.58. The monoisotopic (exact) mass is 384 g/mol. The van der Waals surface area contributed by atoms with Gasteiger partial charge in [0.1, 0.15) is 11.6 Å². The first kappa shape index (κ1) is 18.2. The molecule has 2 fully saturated rings. The topological polar surface area (TPSA) is 15.7 Å². The highest BCUT2D eigenvalue weighted by Gasteiger charge is 2.41. The molecular formula is C23H26F2N2O. The smallest absolute Gasteiger partial charge is 0.123 e. The van der Waals surface area contributed by atoms with Crippen LogP contribution < -0.4 is 0 Å². The molecular weight excluding hydrogens is 358 g/mol. The van der Waals surface area contributed by atoms with Gasteiger partial charge in [-0.2, -0.15) is 0 Å². The maximum Gasteiger partial charge on any atom is 0.123 e. The summed E-state index contributed by atoms with van der Waals surface area (Å²) in [7, 11) is 2.15. The molecule has 0 amide bonds. The van der Waals surface area contributed by atoms with Gasteiger partial charge in [-0.1, -0.05) is 12.1 Å². The lowest BCUT2D eigenvalue weighted by molar-refractivity contribution is 0.0109. The van der Waals surface area contributed by atoms with Crippen LogP contribution in [0.15, 0.2) is 36.4 Å². The normalized spacial score (nSPS) is 27.8. The van der Waals surface area contributed by atoms with Crippen LogP contribution in [0, 0.1) is 11.6 Å². The maximum absolute atomic E-state index is 14.1. The summed E-state index contributed by atoms with van der Waals surface area (Å²) in [4.78, 5) is 4.79. The van der Waals surface area contributed by atoms with E-state index in [1.54, 1.807) is 12.1 Å². The largest absolute Gasteiger partial charge is 0.368 e.